The molecule has 166 valence electrons. The Hall–Kier alpha value is -0.340. The van der Waals surface area contributed by atoms with E-state index in [1.165, 1.54) is 50.5 Å². The third-order valence-electron chi connectivity index (χ3n) is 10.3. The summed E-state index contributed by atoms with van der Waals surface area (Å²) in [6.45, 7) is 12.2. The molecule has 0 heterocycles. The van der Waals surface area contributed by atoms with Gasteiger partial charge in [-0.1, -0.05) is 65.5 Å². The van der Waals surface area contributed by atoms with Gasteiger partial charge in [-0.15, -0.1) is 0 Å². The second-order valence-electron chi connectivity index (χ2n) is 12.3. The van der Waals surface area contributed by atoms with E-state index < -0.39 is 0 Å². The zero-order valence-electron chi connectivity index (χ0n) is 19.7. The summed E-state index contributed by atoms with van der Waals surface area (Å²) in [5.74, 6) is 4.18. The molecule has 9 atom stereocenters. The number of aliphatic hydroxyl groups is 2. The molecule has 4 aliphatic rings. The third-order valence-corrected chi connectivity index (χ3v) is 10.3. The van der Waals surface area contributed by atoms with Crippen LogP contribution in [0.1, 0.15) is 98.8 Å². The molecule has 0 spiro atoms. The van der Waals surface area contributed by atoms with Crippen molar-refractivity contribution < 1.29 is 10.2 Å². The van der Waals surface area contributed by atoms with Gasteiger partial charge in [0.05, 0.1) is 12.2 Å². The number of hydrogen-bond donors (Lipinski definition) is 2. The van der Waals surface area contributed by atoms with Gasteiger partial charge in [0.2, 0.25) is 0 Å². The van der Waals surface area contributed by atoms with E-state index in [-0.39, 0.29) is 17.6 Å². The van der Waals surface area contributed by atoms with E-state index in [1.807, 2.05) is 0 Å². The minimum Gasteiger partial charge on any atom is -0.393 e. The molecule has 0 unspecified atom stereocenters. The lowest BCUT2D eigenvalue weighted by Crippen LogP contribution is -2.54. The molecule has 3 fully saturated rings. The standard InChI is InChI=1S/C27H46O2/c1-17(2)7-6-8-18(3)21-9-10-22-25-23(12-14-27(21,22)5)26(4)13-11-20(28)15-19(26)16-24(25)29/h16-18,20-25,28-29H,6-15H2,1-5H3/t18-,20-,21+,22-,23-,24-,25-,26-,27+/m0/s1. The number of aliphatic hydroxyl groups excluding tert-OH is 2. The maximum Gasteiger partial charge on any atom is 0.0757 e. The summed E-state index contributed by atoms with van der Waals surface area (Å²) in [6, 6.07) is 0. The van der Waals surface area contributed by atoms with Gasteiger partial charge < -0.3 is 10.2 Å². The van der Waals surface area contributed by atoms with Crippen molar-refractivity contribution in [2.45, 2.75) is 111 Å². The van der Waals surface area contributed by atoms with Crippen LogP contribution in [0, 0.1) is 46.3 Å². The van der Waals surface area contributed by atoms with Crippen molar-refractivity contribution in [1.29, 1.82) is 0 Å². The molecular weight excluding hydrogens is 356 g/mol. The summed E-state index contributed by atoms with van der Waals surface area (Å²) >= 11 is 0. The molecule has 0 bridgehead atoms. The highest BCUT2D eigenvalue weighted by atomic mass is 16.3. The summed E-state index contributed by atoms with van der Waals surface area (Å²) in [4.78, 5) is 0. The number of fused-ring (bicyclic) bond motifs is 5. The van der Waals surface area contributed by atoms with E-state index in [9.17, 15) is 10.2 Å². The molecule has 0 amide bonds. The first-order valence-corrected chi connectivity index (χ1v) is 12.7. The fourth-order valence-corrected chi connectivity index (χ4v) is 8.65. The van der Waals surface area contributed by atoms with Gasteiger partial charge >= 0.3 is 0 Å². The lowest BCUT2D eigenvalue weighted by atomic mass is 9.46. The molecule has 2 heteroatoms. The minimum atomic E-state index is -0.298. The fraction of sp³-hybridized carbons (Fsp3) is 0.926. The van der Waals surface area contributed by atoms with Gasteiger partial charge in [-0.25, -0.2) is 0 Å². The molecule has 0 radical (unpaired) electrons. The van der Waals surface area contributed by atoms with Crippen molar-refractivity contribution in [1.82, 2.24) is 0 Å². The molecule has 0 aliphatic heterocycles. The minimum absolute atomic E-state index is 0.200. The number of hydrogen-bond acceptors (Lipinski definition) is 2. The van der Waals surface area contributed by atoms with Crippen LogP contribution in [-0.4, -0.2) is 22.4 Å². The average molecular weight is 403 g/mol. The Balaban J connectivity index is 1.54. The van der Waals surface area contributed by atoms with Gasteiger partial charge in [-0.2, -0.15) is 0 Å². The highest BCUT2D eigenvalue weighted by Crippen LogP contribution is 2.67. The van der Waals surface area contributed by atoms with Crippen molar-refractivity contribution >= 4 is 0 Å². The second-order valence-corrected chi connectivity index (χ2v) is 12.3. The van der Waals surface area contributed by atoms with E-state index >= 15 is 0 Å². The topological polar surface area (TPSA) is 40.5 Å². The predicted octanol–water partition coefficient (Wildman–Crippen LogP) is 6.36. The lowest BCUT2D eigenvalue weighted by molar-refractivity contribution is -0.0970. The second kappa shape index (κ2) is 7.97. The Morgan fingerprint density at radius 1 is 0.966 bits per heavy atom. The average Bonchev–Trinajstić information content (AvgIpc) is 3.00. The predicted molar refractivity (Wildman–Crippen MR) is 120 cm³/mol. The van der Waals surface area contributed by atoms with E-state index in [0.717, 1.165) is 37.0 Å². The van der Waals surface area contributed by atoms with Crippen LogP contribution in [0.5, 0.6) is 0 Å². The molecule has 3 saturated carbocycles. The molecule has 0 saturated heterocycles. The van der Waals surface area contributed by atoms with Gasteiger partial charge in [0.1, 0.15) is 0 Å². The van der Waals surface area contributed by atoms with Crippen molar-refractivity contribution in [3.8, 4) is 0 Å². The van der Waals surface area contributed by atoms with Gasteiger partial charge in [-0.3, -0.25) is 0 Å². The van der Waals surface area contributed by atoms with Crippen molar-refractivity contribution in [3.63, 3.8) is 0 Å². The van der Waals surface area contributed by atoms with E-state index in [2.05, 4.69) is 40.7 Å². The van der Waals surface area contributed by atoms with Crippen molar-refractivity contribution in [2.75, 3.05) is 0 Å². The van der Waals surface area contributed by atoms with Crippen LogP contribution in [0.25, 0.3) is 0 Å². The molecule has 4 rings (SSSR count). The fourth-order valence-electron chi connectivity index (χ4n) is 8.65. The Bertz CT molecular complexity index is 624. The summed E-state index contributed by atoms with van der Waals surface area (Å²) in [5.41, 5.74) is 1.99. The number of rotatable bonds is 5. The van der Waals surface area contributed by atoms with Gasteiger partial charge in [0, 0.05) is 0 Å². The first-order valence-electron chi connectivity index (χ1n) is 12.7. The van der Waals surface area contributed by atoms with E-state index in [1.54, 1.807) is 0 Å². The molecular formula is C27H46O2. The van der Waals surface area contributed by atoms with Crippen LogP contribution < -0.4 is 0 Å². The van der Waals surface area contributed by atoms with Crippen LogP contribution in [0.3, 0.4) is 0 Å². The van der Waals surface area contributed by atoms with Crippen LogP contribution in [0.2, 0.25) is 0 Å². The highest BCUT2D eigenvalue weighted by molar-refractivity contribution is 5.27. The monoisotopic (exact) mass is 402 g/mol. The van der Waals surface area contributed by atoms with E-state index in [0.29, 0.717) is 23.2 Å². The summed E-state index contributed by atoms with van der Waals surface area (Å²) in [6.07, 6.45) is 13.9. The molecule has 4 aliphatic carbocycles. The Labute approximate surface area is 179 Å². The molecule has 2 nitrogen and oxygen atoms in total. The third kappa shape index (κ3) is 3.65. The van der Waals surface area contributed by atoms with Gasteiger partial charge in [0.25, 0.3) is 0 Å². The zero-order chi connectivity index (χ0) is 21.0. The Kier molecular flexibility index (Phi) is 6.01. The van der Waals surface area contributed by atoms with Crippen LogP contribution in [0.4, 0.5) is 0 Å². The van der Waals surface area contributed by atoms with Crippen LogP contribution >= 0.6 is 0 Å². The molecule has 0 aromatic rings. The smallest absolute Gasteiger partial charge is 0.0757 e. The molecule has 0 aromatic carbocycles. The molecule has 0 aromatic heterocycles. The summed E-state index contributed by atoms with van der Waals surface area (Å²) < 4.78 is 0. The molecule has 2 N–H and O–H groups in total. The maximum atomic E-state index is 11.3. The van der Waals surface area contributed by atoms with Gasteiger partial charge in [-0.05, 0) is 91.3 Å². The van der Waals surface area contributed by atoms with Gasteiger partial charge in [0.15, 0.2) is 0 Å². The van der Waals surface area contributed by atoms with Crippen LogP contribution in [-0.2, 0) is 0 Å². The van der Waals surface area contributed by atoms with E-state index in [4.69, 9.17) is 0 Å². The normalized spacial score (nSPS) is 47.9. The first kappa shape index (κ1) is 21.9. The highest BCUT2D eigenvalue weighted by Gasteiger charge is 2.61. The summed E-state index contributed by atoms with van der Waals surface area (Å²) in [5, 5.41) is 21.5. The Morgan fingerprint density at radius 3 is 2.45 bits per heavy atom. The maximum absolute atomic E-state index is 11.3. The first-order chi connectivity index (χ1) is 13.7. The quantitative estimate of drug-likeness (QED) is 0.525. The van der Waals surface area contributed by atoms with Crippen LogP contribution in [0.15, 0.2) is 11.6 Å². The summed E-state index contributed by atoms with van der Waals surface area (Å²) in [7, 11) is 0. The largest absolute Gasteiger partial charge is 0.393 e. The van der Waals surface area contributed by atoms with Crippen molar-refractivity contribution in [3.05, 3.63) is 11.6 Å². The zero-order valence-corrected chi connectivity index (χ0v) is 19.7. The van der Waals surface area contributed by atoms with Crippen molar-refractivity contribution in [2.24, 2.45) is 46.3 Å². The Morgan fingerprint density at radius 2 is 1.72 bits per heavy atom. The lowest BCUT2D eigenvalue weighted by Gasteiger charge is -2.59. The SMILES string of the molecule is CC(C)CCC[C@H](C)[C@H]1CC[C@H]2[C@@H]3[C@@H](O)C=C4C[C@@H](O)CC[C@]4(C)[C@H]3CC[C@]12C. The molecule has 29 heavy (non-hydrogen) atoms.